The summed E-state index contributed by atoms with van der Waals surface area (Å²) in [6.45, 7) is 7.13. The number of hydrogen-bond acceptors (Lipinski definition) is 3. The number of amides is 2. The summed E-state index contributed by atoms with van der Waals surface area (Å²) in [6.07, 6.45) is 0.0733. The number of hydrogen-bond donors (Lipinski definition) is 1. The van der Waals surface area contributed by atoms with Crippen LogP contribution in [-0.4, -0.2) is 42.0 Å². The van der Waals surface area contributed by atoms with Gasteiger partial charge in [-0.2, -0.15) is 0 Å². The zero-order valence-electron chi connectivity index (χ0n) is 12.8. The number of rotatable bonds is 3. The minimum absolute atomic E-state index is 0.0312. The largest absolute Gasteiger partial charge is 0.375 e. The smallest absolute Gasteiger partial charge is 0.254 e. The zero-order valence-corrected chi connectivity index (χ0v) is 12.8. The van der Waals surface area contributed by atoms with E-state index in [0.717, 1.165) is 5.56 Å². The molecule has 0 aliphatic carbocycles. The minimum atomic E-state index is -0.0636. The molecule has 0 bridgehead atoms. The fourth-order valence-electron chi connectivity index (χ4n) is 2.34. The molecule has 1 aromatic carbocycles. The van der Waals surface area contributed by atoms with E-state index < -0.39 is 0 Å². The average Bonchev–Trinajstić information content (AvgIpc) is 2.47. The standard InChI is InChI=1S/C16H22N2O3/c1-11-10-21-12(2)9-18(11)16(20)15-6-4-14(5-7-15)8-17-13(3)19/h4-7,11-12H,8-10H2,1-3H3,(H,17,19). The second-order valence-electron chi connectivity index (χ2n) is 5.56. The van der Waals surface area contributed by atoms with Gasteiger partial charge >= 0.3 is 0 Å². The van der Waals surface area contributed by atoms with Gasteiger partial charge < -0.3 is 15.0 Å². The van der Waals surface area contributed by atoms with E-state index >= 15 is 0 Å². The van der Waals surface area contributed by atoms with Gasteiger partial charge in [-0.15, -0.1) is 0 Å². The van der Waals surface area contributed by atoms with Gasteiger partial charge in [0.15, 0.2) is 0 Å². The third-order valence-electron chi connectivity index (χ3n) is 3.61. The van der Waals surface area contributed by atoms with Crippen LogP contribution in [0.1, 0.15) is 36.7 Å². The molecule has 1 aromatic rings. The van der Waals surface area contributed by atoms with Crippen LogP contribution >= 0.6 is 0 Å². The normalized spacial score (nSPS) is 22.0. The van der Waals surface area contributed by atoms with Crippen molar-refractivity contribution in [3.8, 4) is 0 Å². The van der Waals surface area contributed by atoms with Crippen LogP contribution in [0.5, 0.6) is 0 Å². The lowest BCUT2D eigenvalue weighted by molar-refractivity contribution is -0.119. The number of carbonyl (C=O) groups excluding carboxylic acids is 2. The monoisotopic (exact) mass is 290 g/mol. The maximum atomic E-state index is 12.5. The van der Waals surface area contributed by atoms with Crippen LogP contribution in [-0.2, 0) is 16.1 Å². The second kappa shape index (κ2) is 6.72. The molecule has 1 aliphatic heterocycles. The Balaban J connectivity index is 2.03. The van der Waals surface area contributed by atoms with Crippen molar-refractivity contribution < 1.29 is 14.3 Å². The Morgan fingerprint density at radius 2 is 1.95 bits per heavy atom. The molecule has 2 unspecified atom stereocenters. The minimum Gasteiger partial charge on any atom is -0.375 e. The third kappa shape index (κ3) is 4.04. The summed E-state index contributed by atoms with van der Waals surface area (Å²) in [6, 6.07) is 7.46. The van der Waals surface area contributed by atoms with Crippen molar-refractivity contribution in [1.82, 2.24) is 10.2 Å². The quantitative estimate of drug-likeness (QED) is 0.919. The molecule has 1 N–H and O–H groups in total. The highest BCUT2D eigenvalue weighted by Crippen LogP contribution is 2.16. The number of ether oxygens (including phenoxy) is 1. The van der Waals surface area contributed by atoms with Crippen molar-refractivity contribution >= 4 is 11.8 Å². The molecule has 0 aromatic heterocycles. The van der Waals surface area contributed by atoms with Crippen molar-refractivity contribution in [3.05, 3.63) is 35.4 Å². The summed E-state index contributed by atoms with van der Waals surface area (Å²) in [5.41, 5.74) is 1.65. The van der Waals surface area contributed by atoms with Crippen LogP contribution in [0.3, 0.4) is 0 Å². The SMILES string of the molecule is CC(=O)NCc1ccc(C(=O)N2CC(C)OCC2C)cc1. The molecular weight excluding hydrogens is 268 g/mol. The Labute approximate surface area is 125 Å². The number of carbonyl (C=O) groups is 2. The fraction of sp³-hybridized carbons (Fsp3) is 0.500. The van der Waals surface area contributed by atoms with Gasteiger partial charge in [-0.1, -0.05) is 12.1 Å². The van der Waals surface area contributed by atoms with E-state index in [2.05, 4.69) is 5.32 Å². The summed E-state index contributed by atoms with van der Waals surface area (Å²) in [5, 5.41) is 2.74. The summed E-state index contributed by atoms with van der Waals surface area (Å²) < 4.78 is 5.55. The van der Waals surface area contributed by atoms with Crippen LogP contribution in [0.4, 0.5) is 0 Å². The van der Waals surface area contributed by atoms with Gasteiger partial charge in [-0.3, -0.25) is 9.59 Å². The Morgan fingerprint density at radius 1 is 1.29 bits per heavy atom. The molecule has 5 heteroatoms. The van der Waals surface area contributed by atoms with E-state index in [-0.39, 0.29) is 24.0 Å². The van der Waals surface area contributed by atoms with Crippen molar-refractivity contribution in [1.29, 1.82) is 0 Å². The first-order chi connectivity index (χ1) is 9.97. The Hall–Kier alpha value is -1.88. The van der Waals surface area contributed by atoms with E-state index in [1.54, 1.807) is 0 Å². The summed E-state index contributed by atoms with van der Waals surface area (Å²) in [4.78, 5) is 25.3. The predicted molar refractivity (Wildman–Crippen MR) is 79.9 cm³/mol. The van der Waals surface area contributed by atoms with Crippen LogP contribution in [0, 0.1) is 0 Å². The van der Waals surface area contributed by atoms with E-state index in [4.69, 9.17) is 4.74 Å². The average molecular weight is 290 g/mol. The van der Waals surface area contributed by atoms with E-state index in [0.29, 0.717) is 25.3 Å². The van der Waals surface area contributed by atoms with Gasteiger partial charge in [-0.25, -0.2) is 0 Å². The molecular formula is C16H22N2O3. The van der Waals surface area contributed by atoms with Gasteiger partial charge in [0.05, 0.1) is 18.8 Å². The molecule has 2 atom stereocenters. The molecule has 1 saturated heterocycles. The highest BCUT2D eigenvalue weighted by molar-refractivity contribution is 5.94. The molecule has 0 spiro atoms. The second-order valence-corrected chi connectivity index (χ2v) is 5.56. The van der Waals surface area contributed by atoms with Gasteiger partial charge in [0.25, 0.3) is 5.91 Å². The molecule has 0 saturated carbocycles. The van der Waals surface area contributed by atoms with Crippen molar-refractivity contribution in [2.45, 2.75) is 39.5 Å². The molecule has 5 nitrogen and oxygen atoms in total. The topological polar surface area (TPSA) is 58.6 Å². The molecule has 21 heavy (non-hydrogen) atoms. The van der Waals surface area contributed by atoms with Crippen molar-refractivity contribution in [2.75, 3.05) is 13.2 Å². The Kier molecular flexibility index (Phi) is 4.96. The molecule has 1 heterocycles. The predicted octanol–water partition coefficient (Wildman–Crippen LogP) is 1.57. The van der Waals surface area contributed by atoms with Gasteiger partial charge in [-0.05, 0) is 31.5 Å². The molecule has 1 fully saturated rings. The number of nitrogens with zero attached hydrogens (tertiary/aromatic N) is 1. The van der Waals surface area contributed by atoms with Crippen molar-refractivity contribution in [3.63, 3.8) is 0 Å². The molecule has 2 amide bonds. The van der Waals surface area contributed by atoms with E-state index in [1.807, 2.05) is 43.0 Å². The third-order valence-corrected chi connectivity index (χ3v) is 3.61. The lowest BCUT2D eigenvalue weighted by Crippen LogP contribution is -2.50. The Morgan fingerprint density at radius 3 is 2.57 bits per heavy atom. The van der Waals surface area contributed by atoms with Crippen LogP contribution in [0.15, 0.2) is 24.3 Å². The van der Waals surface area contributed by atoms with E-state index in [9.17, 15) is 9.59 Å². The maximum Gasteiger partial charge on any atom is 0.254 e. The molecule has 114 valence electrons. The lowest BCUT2D eigenvalue weighted by Gasteiger charge is -2.36. The first-order valence-electron chi connectivity index (χ1n) is 7.23. The highest BCUT2D eigenvalue weighted by Gasteiger charge is 2.28. The summed E-state index contributed by atoms with van der Waals surface area (Å²) in [7, 11) is 0. The highest BCUT2D eigenvalue weighted by atomic mass is 16.5. The summed E-state index contributed by atoms with van der Waals surface area (Å²) >= 11 is 0. The number of nitrogens with one attached hydrogen (secondary N) is 1. The Bertz CT molecular complexity index is 513. The fourth-order valence-corrected chi connectivity index (χ4v) is 2.34. The van der Waals surface area contributed by atoms with Crippen molar-refractivity contribution in [2.24, 2.45) is 0 Å². The first kappa shape index (κ1) is 15.5. The first-order valence-corrected chi connectivity index (χ1v) is 7.23. The van der Waals surface area contributed by atoms with E-state index in [1.165, 1.54) is 6.92 Å². The zero-order chi connectivity index (χ0) is 15.4. The number of morpholine rings is 1. The van der Waals surface area contributed by atoms with Gasteiger partial charge in [0, 0.05) is 25.6 Å². The van der Waals surface area contributed by atoms with Crippen LogP contribution < -0.4 is 5.32 Å². The van der Waals surface area contributed by atoms with Gasteiger partial charge in [0.1, 0.15) is 0 Å². The molecule has 1 aliphatic rings. The molecule has 2 rings (SSSR count). The number of benzene rings is 1. The van der Waals surface area contributed by atoms with Crippen LogP contribution in [0.2, 0.25) is 0 Å². The van der Waals surface area contributed by atoms with Crippen LogP contribution in [0.25, 0.3) is 0 Å². The lowest BCUT2D eigenvalue weighted by atomic mass is 10.1. The summed E-state index contributed by atoms with van der Waals surface area (Å²) in [5.74, 6) is -0.0324. The molecule has 0 radical (unpaired) electrons. The maximum absolute atomic E-state index is 12.5. The van der Waals surface area contributed by atoms with Gasteiger partial charge in [0.2, 0.25) is 5.91 Å².